The van der Waals surface area contributed by atoms with Crippen molar-refractivity contribution in [2.45, 2.75) is 11.3 Å². The molecule has 130 valence electrons. The molecule has 0 unspecified atom stereocenters. The molecule has 0 aliphatic rings. The first-order chi connectivity index (χ1) is 12.1. The molecule has 0 saturated heterocycles. The van der Waals surface area contributed by atoms with Crippen LogP contribution < -0.4 is 4.74 Å². The Labute approximate surface area is 146 Å². The molecule has 0 radical (unpaired) electrons. The molecule has 1 N–H and O–H groups in total. The zero-order chi connectivity index (χ0) is 17.6. The molecule has 3 aromatic rings. The SMILES string of the molecule is O[C@@H](COc1ccccc1F)CSc1nnc(-c2ccc(F)cc2)o1. The summed E-state index contributed by atoms with van der Waals surface area (Å²) in [5.74, 6) is -0.249. The molecule has 0 fully saturated rings. The van der Waals surface area contributed by atoms with Gasteiger partial charge in [-0.15, -0.1) is 10.2 Å². The van der Waals surface area contributed by atoms with E-state index in [1.165, 1.54) is 36.4 Å². The smallest absolute Gasteiger partial charge is 0.276 e. The molecule has 8 heteroatoms. The van der Waals surface area contributed by atoms with E-state index in [2.05, 4.69) is 10.2 Å². The number of aliphatic hydroxyl groups excluding tert-OH is 1. The lowest BCUT2D eigenvalue weighted by molar-refractivity contribution is 0.123. The van der Waals surface area contributed by atoms with E-state index in [1.54, 1.807) is 12.1 Å². The molecule has 1 heterocycles. The van der Waals surface area contributed by atoms with Crippen LogP contribution in [0.2, 0.25) is 0 Å². The first-order valence-electron chi connectivity index (χ1n) is 7.39. The number of hydrogen-bond acceptors (Lipinski definition) is 6. The standard InChI is InChI=1S/C17H14F2N2O3S/c18-12-7-5-11(6-8-12)16-20-21-17(24-16)25-10-13(22)9-23-15-4-2-1-3-14(15)19/h1-8,13,22H,9-10H2/t13-/m0/s1. The van der Waals surface area contributed by atoms with E-state index in [-0.39, 0.29) is 35.0 Å². The Balaban J connectivity index is 1.50. The molecule has 25 heavy (non-hydrogen) atoms. The molecule has 0 aliphatic heterocycles. The molecule has 0 saturated carbocycles. The normalized spacial score (nSPS) is 12.1. The molecule has 1 atom stereocenters. The van der Waals surface area contributed by atoms with Gasteiger partial charge in [0, 0.05) is 11.3 Å². The fourth-order valence-electron chi connectivity index (χ4n) is 1.94. The number of rotatable bonds is 7. The quantitative estimate of drug-likeness (QED) is 0.647. The van der Waals surface area contributed by atoms with E-state index in [1.807, 2.05) is 0 Å². The Bertz CT molecular complexity index is 827. The van der Waals surface area contributed by atoms with E-state index in [4.69, 9.17) is 9.15 Å². The number of para-hydroxylation sites is 1. The van der Waals surface area contributed by atoms with Crippen molar-refractivity contribution in [3.05, 3.63) is 60.2 Å². The van der Waals surface area contributed by atoms with Crippen LogP contribution in [0.4, 0.5) is 8.78 Å². The van der Waals surface area contributed by atoms with Gasteiger partial charge in [-0.3, -0.25) is 0 Å². The number of halogens is 2. The summed E-state index contributed by atoms with van der Waals surface area (Å²) in [6.45, 7) is -0.0626. The predicted molar refractivity (Wildman–Crippen MR) is 88.3 cm³/mol. The zero-order valence-electron chi connectivity index (χ0n) is 12.9. The van der Waals surface area contributed by atoms with E-state index < -0.39 is 11.9 Å². The Morgan fingerprint density at radius 3 is 2.60 bits per heavy atom. The van der Waals surface area contributed by atoms with Crippen molar-refractivity contribution in [2.75, 3.05) is 12.4 Å². The van der Waals surface area contributed by atoms with Crippen LogP contribution in [0.1, 0.15) is 0 Å². The summed E-state index contributed by atoms with van der Waals surface area (Å²) in [5, 5.41) is 17.9. The minimum Gasteiger partial charge on any atom is -0.488 e. The van der Waals surface area contributed by atoms with Crippen molar-refractivity contribution in [3.63, 3.8) is 0 Å². The zero-order valence-corrected chi connectivity index (χ0v) is 13.7. The highest BCUT2D eigenvalue weighted by Gasteiger charge is 2.13. The van der Waals surface area contributed by atoms with Crippen molar-refractivity contribution in [1.29, 1.82) is 0 Å². The lowest BCUT2D eigenvalue weighted by Gasteiger charge is -2.11. The van der Waals surface area contributed by atoms with Crippen molar-refractivity contribution in [2.24, 2.45) is 0 Å². The summed E-state index contributed by atoms with van der Waals surface area (Å²) in [7, 11) is 0. The van der Waals surface area contributed by atoms with Crippen molar-refractivity contribution in [3.8, 4) is 17.2 Å². The molecule has 2 aromatic carbocycles. The van der Waals surface area contributed by atoms with Crippen LogP contribution in [-0.4, -0.2) is 33.8 Å². The predicted octanol–water partition coefficient (Wildman–Crippen LogP) is 3.55. The second-order valence-electron chi connectivity index (χ2n) is 5.09. The van der Waals surface area contributed by atoms with E-state index in [0.717, 1.165) is 11.8 Å². The second kappa shape index (κ2) is 8.09. The Morgan fingerprint density at radius 1 is 1.08 bits per heavy atom. The number of nitrogens with zero attached hydrogens (tertiary/aromatic N) is 2. The van der Waals surface area contributed by atoms with Crippen molar-refractivity contribution >= 4 is 11.8 Å². The van der Waals surface area contributed by atoms with Crippen molar-refractivity contribution in [1.82, 2.24) is 10.2 Å². The highest BCUT2D eigenvalue weighted by Crippen LogP contribution is 2.24. The van der Waals surface area contributed by atoms with Crippen LogP contribution in [-0.2, 0) is 0 Å². The van der Waals surface area contributed by atoms with Gasteiger partial charge in [-0.2, -0.15) is 0 Å². The topological polar surface area (TPSA) is 68.4 Å². The fourth-order valence-corrected chi connectivity index (χ4v) is 2.61. The lowest BCUT2D eigenvalue weighted by Crippen LogP contribution is -2.20. The molecule has 5 nitrogen and oxygen atoms in total. The van der Waals surface area contributed by atoms with E-state index >= 15 is 0 Å². The average Bonchev–Trinajstić information content (AvgIpc) is 3.09. The molecular formula is C17H14F2N2O3S. The number of benzene rings is 2. The van der Waals surface area contributed by atoms with E-state index in [9.17, 15) is 13.9 Å². The first-order valence-corrected chi connectivity index (χ1v) is 8.38. The van der Waals surface area contributed by atoms with Crippen molar-refractivity contribution < 1.29 is 23.0 Å². The number of ether oxygens (including phenoxy) is 1. The Morgan fingerprint density at radius 2 is 1.84 bits per heavy atom. The number of aromatic nitrogens is 2. The maximum atomic E-state index is 13.4. The van der Waals surface area contributed by atoms with Gasteiger partial charge in [0.1, 0.15) is 12.4 Å². The molecular weight excluding hydrogens is 350 g/mol. The van der Waals surface area contributed by atoms with Crippen LogP contribution in [0, 0.1) is 11.6 Å². The number of hydrogen-bond donors (Lipinski definition) is 1. The third kappa shape index (κ3) is 4.77. The van der Waals surface area contributed by atoms with Gasteiger partial charge >= 0.3 is 0 Å². The van der Waals surface area contributed by atoms with Crippen LogP contribution in [0.3, 0.4) is 0 Å². The monoisotopic (exact) mass is 364 g/mol. The summed E-state index contributed by atoms with van der Waals surface area (Å²) < 4.78 is 37.0. The maximum absolute atomic E-state index is 13.4. The Kier molecular flexibility index (Phi) is 5.62. The van der Waals surface area contributed by atoms with Gasteiger partial charge in [0.15, 0.2) is 11.6 Å². The third-order valence-electron chi connectivity index (χ3n) is 3.16. The van der Waals surface area contributed by atoms with E-state index in [0.29, 0.717) is 5.56 Å². The van der Waals surface area contributed by atoms with Gasteiger partial charge in [-0.25, -0.2) is 8.78 Å². The lowest BCUT2D eigenvalue weighted by atomic mass is 10.2. The average molecular weight is 364 g/mol. The summed E-state index contributed by atoms with van der Waals surface area (Å²) in [5.41, 5.74) is 0.601. The first kappa shape index (κ1) is 17.4. The molecule has 0 spiro atoms. The Hall–Kier alpha value is -2.45. The molecule has 0 aliphatic carbocycles. The van der Waals surface area contributed by atoms with Crippen LogP contribution in [0.25, 0.3) is 11.5 Å². The van der Waals surface area contributed by atoms with Crippen LogP contribution >= 0.6 is 11.8 Å². The molecule has 3 rings (SSSR count). The van der Waals surface area contributed by atoms with Gasteiger partial charge < -0.3 is 14.3 Å². The summed E-state index contributed by atoms with van der Waals surface area (Å²) in [4.78, 5) is 0. The van der Waals surface area contributed by atoms with Gasteiger partial charge in [0.05, 0.1) is 6.10 Å². The number of aliphatic hydroxyl groups is 1. The molecule has 0 amide bonds. The van der Waals surface area contributed by atoms with Crippen LogP contribution in [0.15, 0.2) is 58.2 Å². The number of thioether (sulfide) groups is 1. The largest absolute Gasteiger partial charge is 0.488 e. The molecule has 1 aromatic heterocycles. The van der Waals surface area contributed by atoms with Gasteiger partial charge in [-0.05, 0) is 36.4 Å². The summed E-state index contributed by atoms with van der Waals surface area (Å²) in [6, 6.07) is 11.7. The third-order valence-corrected chi connectivity index (χ3v) is 4.13. The maximum Gasteiger partial charge on any atom is 0.276 e. The van der Waals surface area contributed by atoms with Gasteiger partial charge in [0.2, 0.25) is 5.89 Å². The summed E-state index contributed by atoms with van der Waals surface area (Å²) >= 11 is 1.15. The summed E-state index contributed by atoms with van der Waals surface area (Å²) in [6.07, 6.45) is -0.842. The van der Waals surface area contributed by atoms with Gasteiger partial charge in [-0.1, -0.05) is 23.9 Å². The van der Waals surface area contributed by atoms with Crippen LogP contribution in [0.5, 0.6) is 5.75 Å². The fraction of sp³-hybridized carbons (Fsp3) is 0.176. The minimum atomic E-state index is -0.842. The highest BCUT2D eigenvalue weighted by molar-refractivity contribution is 7.99. The minimum absolute atomic E-state index is 0.0626. The van der Waals surface area contributed by atoms with Gasteiger partial charge in [0.25, 0.3) is 5.22 Å². The molecule has 0 bridgehead atoms. The second-order valence-corrected chi connectivity index (χ2v) is 6.06. The highest BCUT2D eigenvalue weighted by atomic mass is 32.2.